The molecule has 0 saturated carbocycles. The van der Waals surface area contributed by atoms with Gasteiger partial charge in [-0.3, -0.25) is 19.3 Å². The van der Waals surface area contributed by atoms with E-state index < -0.39 is 11.3 Å². The lowest BCUT2D eigenvalue weighted by molar-refractivity contribution is -0.142. The van der Waals surface area contributed by atoms with Crippen LogP contribution in [-0.4, -0.2) is 29.5 Å². The zero-order valence-corrected chi connectivity index (χ0v) is 17.4. The molecule has 0 aliphatic carbocycles. The van der Waals surface area contributed by atoms with Crippen molar-refractivity contribution >= 4 is 23.3 Å². The SMILES string of the molecule is CN=Nc1cc(CN2C(=O)CC(C(C)=O)(c3cc(C)ccc3C)C2=O)ccc1C. The topological polar surface area (TPSA) is 79.2 Å². The fraction of sp³-hybridized carbons (Fsp3) is 0.348. The minimum atomic E-state index is -1.45. The van der Waals surface area contributed by atoms with Crippen LogP contribution in [0, 0.1) is 20.8 Å². The van der Waals surface area contributed by atoms with Crippen molar-refractivity contribution in [2.24, 2.45) is 10.2 Å². The lowest BCUT2D eigenvalue weighted by Gasteiger charge is -2.27. The van der Waals surface area contributed by atoms with Crippen molar-refractivity contribution in [3.8, 4) is 0 Å². The van der Waals surface area contributed by atoms with Gasteiger partial charge < -0.3 is 0 Å². The average molecular weight is 391 g/mol. The third kappa shape index (κ3) is 3.50. The number of azo groups is 1. The lowest BCUT2D eigenvalue weighted by Crippen LogP contribution is -2.43. The largest absolute Gasteiger partial charge is 0.298 e. The van der Waals surface area contributed by atoms with E-state index in [1.807, 2.05) is 57.2 Å². The van der Waals surface area contributed by atoms with Gasteiger partial charge in [-0.2, -0.15) is 10.2 Å². The minimum absolute atomic E-state index is 0.101. The summed E-state index contributed by atoms with van der Waals surface area (Å²) in [6.45, 7) is 7.18. The van der Waals surface area contributed by atoms with E-state index in [0.29, 0.717) is 11.3 Å². The van der Waals surface area contributed by atoms with Crippen molar-refractivity contribution in [2.45, 2.75) is 46.1 Å². The van der Waals surface area contributed by atoms with Gasteiger partial charge in [-0.05, 0) is 56.0 Å². The monoisotopic (exact) mass is 391 g/mol. The van der Waals surface area contributed by atoms with E-state index in [9.17, 15) is 14.4 Å². The summed E-state index contributed by atoms with van der Waals surface area (Å²) in [4.78, 5) is 40.3. The molecule has 150 valence electrons. The van der Waals surface area contributed by atoms with Gasteiger partial charge in [0, 0.05) is 7.05 Å². The maximum atomic E-state index is 13.5. The number of rotatable bonds is 5. The van der Waals surface area contributed by atoms with Crippen LogP contribution in [0.1, 0.15) is 41.2 Å². The number of imide groups is 1. The van der Waals surface area contributed by atoms with Gasteiger partial charge in [0.25, 0.3) is 0 Å². The van der Waals surface area contributed by atoms with Crippen LogP contribution in [0.15, 0.2) is 46.6 Å². The number of amides is 2. The Morgan fingerprint density at radius 1 is 1.07 bits per heavy atom. The molecule has 1 heterocycles. The number of Topliss-reactive ketones (excluding diaryl/α,β-unsaturated/α-hetero) is 1. The van der Waals surface area contributed by atoms with E-state index in [4.69, 9.17) is 0 Å². The van der Waals surface area contributed by atoms with Gasteiger partial charge >= 0.3 is 0 Å². The van der Waals surface area contributed by atoms with Gasteiger partial charge in [0.2, 0.25) is 11.8 Å². The fourth-order valence-corrected chi connectivity index (χ4v) is 3.92. The van der Waals surface area contributed by atoms with Crippen molar-refractivity contribution in [1.29, 1.82) is 0 Å². The lowest BCUT2D eigenvalue weighted by atomic mass is 9.73. The number of hydrogen-bond donors (Lipinski definition) is 0. The number of carbonyl (C=O) groups is 3. The van der Waals surface area contributed by atoms with E-state index in [1.54, 1.807) is 7.05 Å². The molecule has 0 aromatic heterocycles. The van der Waals surface area contributed by atoms with Gasteiger partial charge in [0.15, 0.2) is 0 Å². The number of benzene rings is 2. The maximum absolute atomic E-state index is 13.5. The molecule has 1 fully saturated rings. The quantitative estimate of drug-likeness (QED) is 0.437. The van der Waals surface area contributed by atoms with Crippen LogP contribution < -0.4 is 0 Å². The molecular formula is C23H25N3O3. The van der Waals surface area contributed by atoms with Crippen LogP contribution in [-0.2, 0) is 26.3 Å². The Bertz CT molecular complexity index is 1040. The molecule has 6 nitrogen and oxygen atoms in total. The normalized spacial score (nSPS) is 19.4. The minimum Gasteiger partial charge on any atom is -0.298 e. The highest BCUT2D eigenvalue weighted by molar-refractivity contribution is 6.21. The Morgan fingerprint density at radius 3 is 2.41 bits per heavy atom. The maximum Gasteiger partial charge on any atom is 0.248 e. The number of likely N-dealkylation sites (tertiary alicyclic amines) is 1. The van der Waals surface area contributed by atoms with E-state index in [-0.39, 0.29) is 24.7 Å². The number of carbonyl (C=O) groups excluding carboxylic acids is 3. The molecule has 3 rings (SSSR count). The third-order valence-electron chi connectivity index (χ3n) is 5.60. The van der Waals surface area contributed by atoms with Crippen LogP contribution in [0.4, 0.5) is 5.69 Å². The number of hydrogen-bond acceptors (Lipinski definition) is 5. The summed E-state index contributed by atoms with van der Waals surface area (Å²) in [7, 11) is 1.59. The first-order chi connectivity index (χ1) is 13.7. The highest BCUT2D eigenvalue weighted by Gasteiger charge is 2.56. The second-order valence-electron chi connectivity index (χ2n) is 7.66. The fourth-order valence-electron chi connectivity index (χ4n) is 3.92. The van der Waals surface area contributed by atoms with Crippen LogP contribution in [0.25, 0.3) is 0 Å². The highest BCUT2D eigenvalue weighted by atomic mass is 16.2. The molecule has 2 amide bonds. The van der Waals surface area contributed by atoms with Crippen molar-refractivity contribution in [2.75, 3.05) is 7.05 Å². The van der Waals surface area contributed by atoms with Gasteiger partial charge in [0.1, 0.15) is 11.2 Å². The molecule has 2 aromatic carbocycles. The van der Waals surface area contributed by atoms with Gasteiger partial charge in [0.05, 0.1) is 18.7 Å². The second-order valence-corrected chi connectivity index (χ2v) is 7.66. The van der Waals surface area contributed by atoms with Crippen molar-refractivity contribution in [3.63, 3.8) is 0 Å². The summed E-state index contributed by atoms with van der Waals surface area (Å²) in [6, 6.07) is 11.2. The molecule has 0 radical (unpaired) electrons. The molecule has 0 bridgehead atoms. The molecule has 0 N–H and O–H groups in total. The Balaban J connectivity index is 2.03. The predicted octanol–water partition coefficient (Wildman–Crippen LogP) is 4.11. The Hall–Kier alpha value is -3.15. The number of ketones is 1. The summed E-state index contributed by atoms with van der Waals surface area (Å²) in [5.41, 5.74) is 3.34. The average Bonchev–Trinajstić information content (AvgIpc) is 2.92. The van der Waals surface area contributed by atoms with Crippen molar-refractivity contribution in [3.05, 3.63) is 64.2 Å². The summed E-state index contributed by atoms with van der Waals surface area (Å²) in [5.74, 6) is -1.11. The molecule has 1 aliphatic heterocycles. The van der Waals surface area contributed by atoms with Crippen molar-refractivity contribution in [1.82, 2.24) is 4.90 Å². The molecule has 1 aliphatic rings. The number of aryl methyl sites for hydroxylation is 3. The van der Waals surface area contributed by atoms with E-state index >= 15 is 0 Å². The molecule has 2 aromatic rings. The van der Waals surface area contributed by atoms with Crippen LogP contribution in [0.2, 0.25) is 0 Å². The Kier molecular flexibility index (Phi) is 5.46. The second kappa shape index (κ2) is 7.70. The van der Waals surface area contributed by atoms with Crippen LogP contribution in [0.3, 0.4) is 0 Å². The third-order valence-corrected chi connectivity index (χ3v) is 5.60. The van der Waals surface area contributed by atoms with Crippen LogP contribution in [0.5, 0.6) is 0 Å². The zero-order chi connectivity index (χ0) is 21.3. The van der Waals surface area contributed by atoms with E-state index in [2.05, 4.69) is 10.2 Å². The van der Waals surface area contributed by atoms with Crippen molar-refractivity contribution < 1.29 is 14.4 Å². The molecular weight excluding hydrogens is 366 g/mol. The Labute approximate surface area is 170 Å². The molecule has 1 saturated heterocycles. The number of nitrogens with zero attached hydrogens (tertiary/aromatic N) is 3. The van der Waals surface area contributed by atoms with Gasteiger partial charge in [-0.1, -0.05) is 35.9 Å². The molecule has 1 atom stereocenters. The Morgan fingerprint density at radius 2 is 1.76 bits per heavy atom. The summed E-state index contributed by atoms with van der Waals surface area (Å²) >= 11 is 0. The molecule has 29 heavy (non-hydrogen) atoms. The molecule has 1 unspecified atom stereocenters. The standard InChI is InChI=1S/C23H25N3O3/c1-14-6-7-15(2)19(10-14)23(17(4)27)12-21(28)26(22(23)29)13-18-9-8-16(3)20(11-18)25-24-5/h6-11H,12-13H2,1-5H3. The van der Waals surface area contributed by atoms with Gasteiger partial charge in [-0.25, -0.2) is 0 Å². The molecule has 0 spiro atoms. The predicted molar refractivity (Wildman–Crippen MR) is 110 cm³/mol. The summed E-state index contributed by atoms with van der Waals surface area (Å²) in [6.07, 6.45) is -0.140. The summed E-state index contributed by atoms with van der Waals surface area (Å²) < 4.78 is 0. The molecule has 6 heteroatoms. The van der Waals surface area contributed by atoms with E-state index in [0.717, 1.165) is 22.3 Å². The highest BCUT2D eigenvalue weighted by Crippen LogP contribution is 2.40. The van der Waals surface area contributed by atoms with E-state index in [1.165, 1.54) is 11.8 Å². The first-order valence-electron chi connectivity index (χ1n) is 9.53. The first-order valence-corrected chi connectivity index (χ1v) is 9.53. The van der Waals surface area contributed by atoms with Gasteiger partial charge in [-0.15, -0.1) is 0 Å². The smallest absolute Gasteiger partial charge is 0.248 e. The first kappa shape index (κ1) is 20.6. The van der Waals surface area contributed by atoms with Crippen LogP contribution >= 0.6 is 0 Å². The zero-order valence-electron chi connectivity index (χ0n) is 17.4. The summed E-state index contributed by atoms with van der Waals surface area (Å²) in [5, 5.41) is 7.89.